The van der Waals surface area contributed by atoms with Gasteiger partial charge in [-0.2, -0.15) is 0 Å². The normalized spacial score (nSPS) is 11.7. The Hall–Kier alpha value is -4.59. The van der Waals surface area contributed by atoms with E-state index in [2.05, 4.69) is 10.6 Å². The minimum atomic E-state index is -0.752. The maximum atomic E-state index is 13.6. The van der Waals surface area contributed by atoms with Crippen molar-refractivity contribution in [2.75, 3.05) is 6.54 Å². The second kappa shape index (κ2) is 14.9. The summed E-state index contributed by atoms with van der Waals surface area (Å²) in [6, 6.07) is 29.5. The van der Waals surface area contributed by atoms with Crippen LogP contribution >= 0.6 is 23.2 Å². The van der Waals surface area contributed by atoms with E-state index in [1.807, 2.05) is 95.7 Å². The van der Waals surface area contributed by atoms with Crippen molar-refractivity contribution in [2.24, 2.45) is 5.73 Å². The lowest BCUT2D eigenvalue weighted by Gasteiger charge is -2.19. The van der Waals surface area contributed by atoms with Crippen molar-refractivity contribution in [3.63, 3.8) is 0 Å². The molecule has 5 rings (SSSR count). The van der Waals surface area contributed by atoms with Gasteiger partial charge in [-0.1, -0.05) is 77.8 Å². The van der Waals surface area contributed by atoms with Crippen LogP contribution in [0.5, 0.6) is 0 Å². The predicted molar refractivity (Wildman–Crippen MR) is 180 cm³/mol. The summed E-state index contributed by atoms with van der Waals surface area (Å²) in [6.45, 7) is 0.970. The quantitative estimate of drug-likeness (QED) is 0.144. The predicted octanol–water partition coefficient (Wildman–Crippen LogP) is 6.11. The molecule has 0 aliphatic carbocycles. The molecular formula is C36H34Cl2N4O3. The monoisotopic (exact) mass is 640 g/mol. The van der Waals surface area contributed by atoms with Gasteiger partial charge in [-0.05, 0) is 84.0 Å². The number of hydrogen-bond acceptors (Lipinski definition) is 3. The van der Waals surface area contributed by atoms with Gasteiger partial charge in [-0.15, -0.1) is 0 Å². The first-order valence-electron chi connectivity index (χ1n) is 14.8. The molecule has 230 valence electrons. The molecule has 7 nitrogen and oxygen atoms in total. The second-order valence-electron chi connectivity index (χ2n) is 11.0. The first-order valence-corrected chi connectivity index (χ1v) is 15.5. The van der Waals surface area contributed by atoms with Crippen LogP contribution in [0, 0.1) is 0 Å². The number of aryl methyl sites for hydroxylation is 1. The van der Waals surface area contributed by atoms with Gasteiger partial charge in [0.25, 0.3) is 5.91 Å². The van der Waals surface area contributed by atoms with Gasteiger partial charge < -0.3 is 20.9 Å². The van der Waals surface area contributed by atoms with Gasteiger partial charge in [0.2, 0.25) is 11.8 Å². The van der Waals surface area contributed by atoms with Crippen LogP contribution in [0.3, 0.4) is 0 Å². The number of primary amides is 1. The molecule has 0 bridgehead atoms. The van der Waals surface area contributed by atoms with Crippen LogP contribution < -0.4 is 16.4 Å². The molecule has 1 aromatic heterocycles. The number of halogens is 2. The summed E-state index contributed by atoms with van der Waals surface area (Å²) in [6.07, 6.45) is 3.60. The molecule has 4 N–H and O–H groups in total. The van der Waals surface area contributed by atoms with Crippen molar-refractivity contribution >= 4 is 51.8 Å². The number of hydrogen-bond donors (Lipinski definition) is 3. The molecular weight excluding hydrogens is 607 g/mol. The van der Waals surface area contributed by atoms with E-state index in [0.717, 1.165) is 33.2 Å². The molecule has 0 saturated carbocycles. The Morgan fingerprint density at radius 1 is 0.778 bits per heavy atom. The van der Waals surface area contributed by atoms with E-state index in [1.165, 1.54) is 0 Å². The Kier molecular flexibility index (Phi) is 10.6. The Labute approximate surface area is 272 Å². The zero-order valence-corrected chi connectivity index (χ0v) is 26.2. The lowest BCUT2D eigenvalue weighted by molar-refractivity contribution is -0.123. The van der Waals surface area contributed by atoms with Crippen molar-refractivity contribution in [1.29, 1.82) is 0 Å². The Balaban J connectivity index is 1.34. The molecule has 0 aliphatic rings. The van der Waals surface area contributed by atoms with Crippen LogP contribution in [0.1, 0.15) is 39.0 Å². The van der Waals surface area contributed by atoms with Crippen LogP contribution in [-0.2, 0) is 35.4 Å². The SMILES string of the molecule is NC(=O)Cc1cn(Cc2ccc(Cl)cc2)c2ccc(C(=O)N[C@@H](CCc3ccccc3)C(=O)NCCc3ccc(Cl)cc3)cc12. The molecule has 0 spiro atoms. The molecule has 3 amide bonds. The van der Waals surface area contributed by atoms with Crippen LogP contribution in [0.4, 0.5) is 0 Å². The van der Waals surface area contributed by atoms with E-state index in [9.17, 15) is 14.4 Å². The summed E-state index contributed by atoms with van der Waals surface area (Å²) >= 11 is 12.0. The number of aromatic nitrogens is 1. The van der Waals surface area contributed by atoms with Gasteiger partial charge in [0, 0.05) is 45.8 Å². The smallest absolute Gasteiger partial charge is 0.251 e. The molecule has 1 heterocycles. The highest BCUT2D eigenvalue weighted by atomic mass is 35.5. The maximum Gasteiger partial charge on any atom is 0.251 e. The zero-order chi connectivity index (χ0) is 31.8. The standard InChI is InChI=1S/C36H34Cl2N4O3/c37-29-12-6-25(7-13-29)18-19-40-36(45)32(16-10-24-4-2-1-3-5-24)41-35(44)27-11-17-33-31(20-27)28(21-34(39)43)23-42(33)22-26-8-14-30(38)15-9-26/h1-9,11-15,17,20,23,32H,10,16,18-19,21-22H2,(H2,39,43)(H,40,45)(H,41,44)/t32-/m0/s1. The number of benzene rings is 4. The maximum absolute atomic E-state index is 13.6. The summed E-state index contributed by atoms with van der Waals surface area (Å²) < 4.78 is 2.02. The topological polar surface area (TPSA) is 106 Å². The van der Waals surface area contributed by atoms with Gasteiger partial charge in [0.15, 0.2) is 0 Å². The number of carbonyl (C=O) groups excluding carboxylic acids is 3. The van der Waals surface area contributed by atoms with Crippen LogP contribution in [-0.4, -0.2) is 34.9 Å². The van der Waals surface area contributed by atoms with Gasteiger partial charge in [0.1, 0.15) is 6.04 Å². The summed E-state index contributed by atoms with van der Waals surface area (Å²) in [7, 11) is 0. The molecule has 1 atom stereocenters. The number of carbonyl (C=O) groups is 3. The van der Waals surface area contributed by atoms with Crippen molar-refractivity contribution < 1.29 is 14.4 Å². The molecule has 9 heteroatoms. The molecule has 0 saturated heterocycles. The third-order valence-electron chi connectivity index (χ3n) is 7.67. The average molecular weight is 642 g/mol. The largest absolute Gasteiger partial charge is 0.369 e. The lowest BCUT2D eigenvalue weighted by Crippen LogP contribution is -2.47. The van der Waals surface area contributed by atoms with E-state index in [0.29, 0.717) is 48.0 Å². The summed E-state index contributed by atoms with van der Waals surface area (Å²) in [5, 5.41) is 8.00. The van der Waals surface area contributed by atoms with E-state index >= 15 is 0 Å². The Morgan fingerprint density at radius 3 is 2.09 bits per heavy atom. The number of nitrogens with zero attached hydrogens (tertiary/aromatic N) is 1. The molecule has 0 radical (unpaired) electrons. The van der Waals surface area contributed by atoms with Gasteiger partial charge >= 0.3 is 0 Å². The summed E-state index contributed by atoms with van der Waals surface area (Å²) in [5.74, 6) is -1.09. The van der Waals surface area contributed by atoms with E-state index in [4.69, 9.17) is 28.9 Å². The van der Waals surface area contributed by atoms with Crippen molar-refractivity contribution in [3.8, 4) is 0 Å². The van der Waals surface area contributed by atoms with Gasteiger partial charge in [0.05, 0.1) is 6.42 Å². The third kappa shape index (κ3) is 8.75. The number of rotatable bonds is 13. The zero-order valence-electron chi connectivity index (χ0n) is 24.6. The second-order valence-corrected chi connectivity index (χ2v) is 11.9. The minimum Gasteiger partial charge on any atom is -0.369 e. The van der Waals surface area contributed by atoms with E-state index in [-0.39, 0.29) is 18.2 Å². The Morgan fingerprint density at radius 2 is 1.42 bits per heavy atom. The fourth-order valence-corrected chi connectivity index (χ4v) is 5.58. The number of nitrogens with two attached hydrogens (primary N) is 1. The fraction of sp³-hybridized carbons (Fsp3) is 0.194. The minimum absolute atomic E-state index is 0.0327. The molecule has 0 fully saturated rings. The van der Waals surface area contributed by atoms with Crippen LogP contribution in [0.25, 0.3) is 10.9 Å². The molecule has 0 aliphatic heterocycles. The van der Waals surface area contributed by atoms with E-state index in [1.54, 1.807) is 12.1 Å². The molecule has 45 heavy (non-hydrogen) atoms. The molecule has 5 aromatic rings. The number of amides is 3. The van der Waals surface area contributed by atoms with Crippen molar-refractivity contribution in [2.45, 2.75) is 38.3 Å². The number of fused-ring (bicyclic) bond motifs is 1. The van der Waals surface area contributed by atoms with Gasteiger partial charge in [-0.3, -0.25) is 14.4 Å². The lowest BCUT2D eigenvalue weighted by atomic mass is 10.0. The van der Waals surface area contributed by atoms with E-state index < -0.39 is 11.9 Å². The van der Waals surface area contributed by atoms with Gasteiger partial charge in [-0.25, -0.2) is 0 Å². The Bertz CT molecular complexity index is 1790. The van der Waals surface area contributed by atoms with Crippen LogP contribution in [0.2, 0.25) is 10.0 Å². The highest BCUT2D eigenvalue weighted by Gasteiger charge is 2.22. The number of nitrogens with one attached hydrogen (secondary N) is 2. The molecule has 0 unspecified atom stereocenters. The molecule has 4 aromatic carbocycles. The first-order chi connectivity index (χ1) is 21.7. The highest BCUT2D eigenvalue weighted by molar-refractivity contribution is 6.30. The van der Waals surface area contributed by atoms with Crippen molar-refractivity contribution in [1.82, 2.24) is 15.2 Å². The average Bonchev–Trinajstić information content (AvgIpc) is 3.36. The van der Waals surface area contributed by atoms with Crippen molar-refractivity contribution in [3.05, 3.63) is 141 Å². The highest BCUT2D eigenvalue weighted by Crippen LogP contribution is 2.25. The third-order valence-corrected chi connectivity index (χ3v) is 8.17. The summed E-state index contributed by atoms with van der Waals surface area (Å²) in [5.41, 5.74) is 10.7. The first kappa shape index (κ1) is 31.8. The fourth-order valence-electron chi connectivity index (χ4n) is 5.33. The summed E-state index contributed by atoms with van der Waals surface area (Å²) in [4.78, 5) is 38.8. The van der Waals surface area contributed by atoms with Crippen LogP contribution in [0.15, 0.2) is 103 Å².